The number of ether oxygens (including phenoxy) is 1. The van der Waals surface area contributed by atoms with E-state index < -0.39 is 6.09 Å². The molecule has 6 nitrogen and oxygen atoms in total. The Hall–Kier alpha value is -2.57. The van der Waals surface area contributed by atoms with Crippen LogP contribution in [0.25, 0.3) is 10.9 Å². The minimum absolute atomic E-state index is 0.162. The molecule has 0 saturated carbocycles. The number of carbonyl (C=O) groups is 1. The number of H-pyrrole nitrogens is 1. The van der Waals surface area contributed by atoms with Crippen molar-refractivity contribution < 1.29 is 14.6 Å². The van der Waals surface area contributed by atoms with Gasteiger partial charge in [-0.2, -0.15) is 5.10 Å². The molecule has 29 heavy (non-hydrogen) atoms. The highest BCUT2D eigenvalue weighted by Gasteiger charge is 2.37. The molecule has 152 valence electrons. The fraction of sp³-hybridized carbons (Fsp3) is 0.364. The minimum atomic E-state index is -0.850. The van der Waals surface area contributed by atoms with E-state index in [1.54, 1.807) is 6.20 Å². The van der Waals surface area contributed by atoms with Gasteiger partial charge in [-0.05, 0) is 42.5 Å². The number of nitrogens with zero attached hydrogens (tertiary/aromatic N) is 2. The Morgan fingerprint density at radius 2 is 2.00 bits per heavy atom. The summed E-state index contributed by atoms with van der Waals surface area (Å²) in [4.78, 5) is 12.8. The Balaban J connectivity index is 1.43. The van der Waals surface area contributed by atoms with Gasteiger partial charge in [-0.15, -0.1) is 0 Å². The van der Waals surface area contributed by atoms with Crippen molar-refractivity contribution in [2.45, 2.75) is 24.7 Å². The molecule has 2 N–H and O–H groups in total. The average molecular weight is 414 g/mol. The molecule has 3 aromatic rings. The number of hydrogen-bond acceptors (Lipinski definition) is 3. The molecule has 7 heteroatoms. The molecule has 4 rings (SSSR count). The Morgan fingerprint density at radius 3 is 2.72 bits per heavy atom. The molecule has 1 amide bonds. The quantitative estimate of drug-likeness (QED) is 0.584. The highest BCUT2D eigenvalue weighted by Crippen LogP contribution is 2.36. The molecule has 2 aromatic carbocycles. The van der Waals surface area contributed by atoms with Crippen molar-refractivity contribution in [3.05, 3.63) is 64.8 Å². The number of halogens is 1. The summed E-state index contributed by atoms with van der Waals surface area (Å²) < 4.78 is 6.15. The van der Waals surface area contributed by atoms with Crippen LogP contribution in [-0.4, -0.2) is 52.6 Å². The number of piperidine rings is 1. The lowest BCUT2D eigenvalue weighted by atomic mass is 9.73. The predicted octanol–water partition coefficient (Wildman–Crippen LogP) is 4.49. The van der Waals surface area contributed by atoms with Crippen LogP contribution >= 0.6 is 11.6 Å². The predicted molar refractivity (Wildman–Crippen MR) is 113 cm³/mol. The zero-order chi connectivity index (χ0) is 20.3. The maximum atomic E-state index is 11.3. The summed E-state index contributed by atoms with van der Waals surface area (Å²) in [5.74, 6) is 0. The number of carboxylic acid groups (broad SMARTS) is 1. The molecule has 1 aliphatic heterocycles. The second kappa shape index (κ2) is 8.43. The van der Waals surface area contributed by atoms with Crippen molar-refractivity contribution in [3.63, 3.8) is 0 Å². The molecule has 1 aromatic heterocycles. The number of nitrogens with one attached hydrogen (secondary N) is 1. The maximum Gasteiger partial charge on any atom is 0.407 e. The summed E-state index contributed by atoms with van der Waals surface area (Å²) in [7, 11) is 0. The van der Waals surface area contributed by atoms with E-state index in [2.05, 4.69) is 22.3 Å². The summed E-state index contributed by atoms with van der Waals surface area (Å²) in [5.41, 5.74) is 3.12. The van der Waals surface area contributed by atoms with Crippen molar-refractivity contribution >= 4 is 28.6 Å². The molecule has 0 bridgehead atoms. The van der Waals surface area contributed by atoms with E-state index in [0.29, 0.717) is 31.3 Å². The van der Waals surface area contributed by atoms with Gasteiger partial charge in [0.1, 0.15) is 0 Å². The van der Waals surface area contributed by atoms with Gasteiger partial charge in [0.2, 0.25) is 0 Å². The summed E-state index contributed by atoms with van der Waals surface area (Å²) in [6, 6.07) is 14.1. The number of aromatic nitrogens is 2. The van der Waals surface area contributed by atoms with Crippen molar-refractivity contribution in [2.24, 2.45) is 0 Å². The van der Waals surface area contributed by atoms with Gasteiger partial charge >= 0.3 is 6.09 Å². The fourth-order valence-corrected chi connectivity index (χ4v) is 4.42. The zero-order valence-corrected chi connectivity index (χ0v) is 16.9. The lowest BCUT2D eigenvalue weighted by molar-refractivity contribution is 0.0461. The normalized spacial score (nSPS) is 16.2. The molecule has 0 unspecified atom stereocenters. The van der Waals surface area contributed by atoms with Gasteiger partial charge in [0, 0.05) is 28.9 Å². The van der Waals surface area contributed by atoms with E-state index in [-0.39, 0.29) is 5.41 Å². The van der Waals surface area contributed by atoms with Crippen LogP contribution in [0.3, 0.4) is 0 Å². The van der Waals surface area contributed by atoms with Crippen LogP contribution in [0.15, 0.2) is 48.7 Å². The van der Waals surface area contributed by atoms with E-state index in [0.717, 1.165) is 35.7 Å². The number of amides is 1. The van der Waals surface area contributed by atoms with Gasteiger partial charge in [-0.3, -0.25) is 5.10 Å². The Kier molecular flexibility index (Phi) is 5.74. The van der Waals surface area contributed by atoms with Crippen LogP contribution in [0.4, 0.5) is 4.79 Å². The number of hydrogen-bond donors (Lipinski definition) is 2. The van der Waals surface area contributed by atoms with Crippen LogP contribution < -0.4 is 0 Å². The van der Waals surface area contributed by atoms with E-state index in [9.17, 15) is 9.90 Å². The van der Waals surface area contributed by atoms with Crippen LogP contribution in [0.1, 0.15) is 24.0 Å². The van der Waals surface area contributed by atoms with Gasteiger partial charge < -0.3 is 14.7 Å². The van der Waals surface area contributed by atoms with Crippen LogP contribution in [0, 0.1) is 0 Å². The van der Waals surface area contributed by atoms with Crippen LogP contribution in [-0.2, 0) is 16.6 Å². The molecule has 0 aliphatic carbocycles. The number of likely N-dealkylation sites (tertiary alicyclic amines) is 1. The largest absolute Gasteiger partial charge is 0.465 e. The molecule has 2 heterocycles. The summed E-state index contributed by atoms with van der Waals surface area (Å²) in [6.45, 7) is 2.18. The van der Waals surface area contributed by atoms with E-state index in [4.69, 9.17) is 16.3 Å². The monoisotopic (exact) mass is 413 g/mol. The smallest absolute Gasteiger partial charge is 0.407 e. The second-order valence-corrected chi connectivity index (χ2v) is 8.05. The van der Waals surface area contributed by atoms with Crippen molar-refractivity contribution in [2.75, 3.05) is 26.3 Å². The lowest BCUT2D eigenvalue weighted by Gasteiger charge is -2.41. The summed E-state index contributed by atoms with van der Waals surface area (Å²) in [5, 5.41) is 18.1. The molecule has 1 aliphatic rings. The molecule has 0 spiro atoms. The van der Waals surface area contributed by atoms with Gasteiger partial charge in [-0.1, -0.05) is 41.9 Å². The standard InChI is InChI=1S/C22H24ClN3O3/c23-19-12-16(20-17(13-19)14-24-25-20)6-11-29-15-22(18-4-2-1-3-5-18)7-9-26(10-8-22)21(27)28/h1-5,12-14H,6-11,15H2,(H,24,25)(H,27,28). The number of benzene rings is 2. The maximum absolute atomic E-state index is 11.3. The summed E-state index contributed by atoms with van der Waals surface area (Å²) >= 11 is 6.22. The minimum Gasteiger partial charge on any atom is -0.465 e. The Labute approximate surface area is 174 Å². The molecular weight excluding hydrogens is 390 g/mol. The lowest BCUT2D eigenvalue weighted by Crippen LogP contribution is -2.47. The Morgan fingerprint density at radius 1 is 1.24 bits per heavy atom. The molecule has 1 fully saturated rings. The highest BCUT2D eigenvalue weighted by atomic mass is 35.5. The third-order valence-corrected chi connectivity index (χ3v) is 6.08. The molecule has 1 saturated heterocycles. The van der Waals surface area contributed by atoms with Crippen LogP contribution in [0.5, 0.6) is 0 Å². The van der Waals surface area contributed by atoms with E-state index in [1.807, 2.05) is 30.3 Å². The first-order valence-corrected chi connectivity index (χ1v) is 10.2. The highest BCUT2D eigenvalue weighted by molar-refractivity contribution is 6.31. The fourth-order valence-electron chi connectivity index (χ4n) is 4.17. The second-order valence-electron chi connectivity index (χ2n) is 7.62. The molecule has 0 radical (unpaired) electrons. The van der Waals surface area contributed by atoms with E-state index >= 15 is 0 Å². The molecular formula is C22H24ClN3O3. The Bertz CT molecular complexity index is 981. The van der Waals surface area contributed by atoms with Gasteiger partial charge in [0.25, 0.3) is 0 Å². The first kappa shape index (κ1) is 19.7. The van der Waals surface area contributed by atoms with Gasteiger partial charge in [0.05, 0.1) is 24.9 Å². The van der Waals surface area contributed by atoms with E-state index in [1.165, 1.54) is 10.5 Å². The topological polar surface area (TPSA) is 78.4 Å². The number of rotatable bonds is 6. The van der Waals surface area contributed by atoms with Gasteiger partial charge in [-0.25, -0.2) is 4.79 Å². The number of fused-ring (bicyclic) bond motifs is 1. The van der Waals surface area contributed by atoms with Crippen LogP contribution in [0.2, 0.25) is 5.02 Å². The van der Waals surface area contributed by atoms with Gasteiger partial charge in [0.15, 0.2) is 0 Å². The van der Waals surface area contributed by atoms with Crippen molar-refractivity contribution in [1.29, 1.82) is 0 Å². The zero-order valence-electron chi connectivity index (χ0n) is 16.1. The third kappa shape index (κ3) is 4.23. The summed E-state index contributed by atoms with van der Waals surface area (Å²) in [6.07, 6.45) is 3.16. The third-order valence-electron chi connectivity index (χ3n) is 5.87. The molecule has 0 atom stereocenters. The first-order chi connectivity index (χ1) is 14.1. The SMILES string of the molecule is O=C(O)N1CCC(COCCc2cc(Cl)cc3cn[nH]c23)(c2ccccc2)CC1. The van der Waals surface area contributed by atoms with Crippen molar-refractivity contribution in [3.8, 4) is 0 Å². The average Bonchev–Trinajstić information content (AvgIpc) is 3.20. The number of aromatic amines is 1. The van der Waals surface area contributed by atoms with Crippen molar-refractivity contribution in [1.82, 2.24) is 15.1 Å². The first-order valence-electron chi connectivity index (χ1n) is 9.80.